The minimum atomic E-state index is -0.370. The molecule has 1 amide bonds. The molecule has 4 heteroatoms. The van der Waals surface area contributed by atoms with Gasteiger partial charge >= 0.3 is 0 Å². The van der Waals surface area contributed by atoms with E-state index in [0.717, 1.165) is 19.3 Å². The van der Waals surface area contributed by atoms with Crippen molar-refractivity contribution in [3.05, 3.63) is 0 Å². The van der Waals surface area contributed by atoms with E-state index in [9.17, 15) is 4.79 Å². The minimum absolute atomic E-state index is 0.0194. The van der Waals surface area contributed by atoms with Crippen LogP contribution in [0, 0.1) is 29.1 Å². The van der Waals surface area contributed by atoms with Gasteiger partial charge in [0.15, 0.2) is 0 Å². The standard InChI is InChI=1S/C12H17N3O/c1-6-2-9(6)11(14)12(16)15-8(5-13)3-7-4-10(7)15/h6-11H,2-4,14H2,1H3/t6?,7-,8+,9?,10+,11?/m1/s1. The van der Waals surface area contributed by atoms with Crippen LogP contribution in [0.1, 0.15) is 26.2 Å². The van der Waals surface area contributed by atoms with Crippen molar-refractivity contribution in [3.63, 3.8) is 0 Å². The summed E-state index contributed by atoms with van der Waals surface area (Å²) in [5.74, 6) is 1.53. The van der Waals surface area contributed by atoms with Crippen molar-refractivity contribution in [2.75, 3.05) is 0 Å². The third kappa shape index (κ3) is 1.35. The zero-order valence-electron chi connectivity index (χ0n) is 9.47. The van der Waals surface area contributed by atoms with Gasteiger partial charge in [-0.15, -0.1) is 0 Å². The lowest BCUT2D eigenvalue weighted by molar-refractivity contribution is -0.134. The Morgan fingerprint density at radius 2 is 2.19 bits per heavy atom. The number of fused-ring (bicyclic) bond motifs is 1. The number of carbonyl (C=O) groups is 1. The van der Waals surface area contributed by atoms with Crippen LogP contribution in [-0.2, 0) is 4.79 Å². The van der Waals surface area contributed by atoms with E-state index in [2.05, 4.69) is 13.0 Å². The number of hydrogen-bond donors (Lipinski definition) is 1. The molecule has 3 fully saturated rings. The summed E-state index contributed by atoms with van der Waals surface area (Å²) in [5.41, 5.74) is 5.99. The molecule has 1 saturated heterocycles. The van der Waals surface area contributed by atoms with Gasteiger partial charge in [-0.05, 0) is 37.0 Å². The first kappa shape index (κ1) is 10.1. The van der Waals surface area contributed by atoms with Gasteiger partial charge in [-0.2, -0.15) is 5.26 Å². The molecular weight excluding hydrogens is 202 g/mol. The summed E-state index contributed by atoms with van der Waals surface area (Å²) < 4.78 is 0. The zero-order chi connectivity index (χ0) is 11.4. The highest BCUT2D eigenvalue weighted by atomic mass is 16.2. The third-order valence-electron chi connectivity index (χ3n) is 4.43. The second-order valence-electron chi connectivity index (χ2n) is 5.59. The first-order chi connectivity index (χ1) is 7.63. The molecule has 16 heavy (non-hydrogen) atoms. The van der Waals surface area contributed by atoms with Crippen LogP contribution in [0.25, 0.3) is 0 Å². The lowest BCUT2D eigenvalue weighted by atomic mass is 10.1. The van der Waals surface area contributed by atoms with Crippen molar-refractivity contribution in [1.82, 2.24) is 4.90 Å². The summed E-state index contributed by atoms with van der Waals surface area (Å²) >= 11 is 0. The average molecular weight is 219 g/mol. The van der Waals surface area contributed by atoms with Gasteiger partial charge in [0, 0.05) is 6.04 Å². The Balaban J connectivity index is 1.72. The van der Waals surface area contributed by atoms with E-state index in [1.54, 1.807) is 4.90 Å². The number of nitriles is 1. The summed E-state index contributed by atoms with van der Waals surface area (Å²) in [6.07, 6.45) is 3.00. The summed E-state index contributed by atoms with van der Waals surface area (Å²) in [5, 5.41) is 9.03. The van der Waals surface area contributed by atoms with Crippen molar-refractivity contribution < 1.29 is 4.79 Å². The van der Waals surface area contributed by atoms with Crippen molar-refractivity contribution in [1.29, 1.82) is 5.26 Å². The minimum Gasteiger partial charge on any atom is -0.322 e. The van der Waals surface area contributed by atoms with Gasteiger partial charge in [-0.3, -0.25) is 4.79 Å². The molecule has 0 aromatic carbocycles. The summed E-state index contributed by atoms with van der Waals surface area (Å²) in [6.45, 7) is 2.13. The molecular formula is C12H17N3O. The summed E-state index contributed by atoms with van der Waals surface area (Å²) in [6, 6.07) is 1.98. The lowest BCUT2D eigenvalue weighted by Crippen LogP contribution is -2.48. The Morgan fingerprint density at radius 1 is 1.50 bits per heavy atom. The highest BCUT2D eigenvalue weighted by Gasteiger charge is 2.56. The van der Waals surface area contributed by atoms with E-state index in [1.165, 1.54) is 0 Å². The van der Waals surface area contributed by atoms with Crippen LogP contribution in [0.4, 0.5) is 0 Å². The molecule has 4 nitrogen and oxygen atoms in total. The zero-order valence-corrected chi connectivity index (χ0v) is 9.47. The van der Waals surface area contributed by atoms with Gasteiger partial charge in [0.1, 0.15) is 6.04 Å². The molecule has 0 bridgehead atoms. The van der Waals surface area contributed by atoms with Crippen LogP contribution in [0.3, 0.4) is 0 Å². The second-order valence-corrected chi connectivity index (χ2v) is 5.59. The fraction of sp³-hybridized carbons (Fsp3) is 0.833. The van der Waals surface area contributed by atoms with Crippen LogP contribution in [0.2, 0.25) is 0 Å². The quantitative estimate of drug-likeness (QED) is 0.734. The topological polar surface area (TPSA) is 70.1 Å². The molecule has 0 aromatic heterocycles. The van der Waals surface area contributed by atoms with Crippen molar-refractivity contribution in [2.45, 2.75) is 44.3 Å². The van der Waals surface area contributed by atoms with Crippen molar-refractivity contribution >= 4 is 5.91 Å². The monoisotopic (exact) mass is 219 g/mol. The largest absolute Gasteiger partial charge is 0.322 e. The fourth-order valence-electron chi connectivity index (χ4n) is 3.10. The number of piperidine rings is 1. The molecule has 3 unspecified atom stereocenters. The number of amides is 1. The predicted octanol–water partition coefficient (Wildman–Crippen LogP) is 0.483. The van der Waals surface area contributed by atoms with Gasteiger partial charge in [-0.25, -0.2) is 0 Å². The average Bonchev–Trinajstić information content (AvgIpc) is 3.16. The van der Waals surface area contributed by atoms with E-state index in [0.29, 0.717) is 23.8 Å². The SMILES string of the molecule is CC1CC1C(N)C(=O)N1[C@H](C#N)C[C@@H]2C[C@@H]21. The van der Waals surface area contributed by atoms with Gasteiger partial charge < -0.3 is 10.6 Å². The third-order valence-corrected chi connectivity index (χ3v) is 4.43. The molecule has 2 saturated carbocycles. The molecule has 0 radical (unpaired) electrons. The Bertz CT molecular complexity index is 375. The van der Waals surface area contributed by atoms with E-state index in [1.807, 2.05) is 0 Å². The van der Waals surface area contributed by atoms with E-state index in [-0.39, 0.29) is 18.0 Å². The lowest BCUT2D eigenvalue weighted by Gasteiger charge is -2.26. The molecule has 86 valence electrons. The first-order valence-corrected chi connectivity index (χ1v) is 6.11. The second kappa shape index (κ2) is 3.21. The maximum Gasteiger partial charge on any atom is 0.241 e. The number of nitrogens with two attached hydrogens (primary N) is 1. The Labute approximate surface area is 95.4 Å². The Hall–Kier alpha value is -1.08. The number of carbonyl (C=O) groups excluding carboxylic acids is 1. The molecule has 6 atom stereocenters. The van der Waals surface area contributed by atoms with Gasteiger partial charge in [0.2, 0.25) is 5.91 Å². The van der Waals surface area contributed by atoms with Crippen LogP contribution in [-0.4, -0.2) is 28.9 Å². The molecule has 3 aliphatic rings. The highest BCUT2D eigenvalue weighted by molar-refractivity contribution is 5.84. The molecule has 2 aliphatic carbocycles. The fourth-order valence-corrected chi connectivity index (χ4v) is 3.10. The normalized spacial score (nSPS) is 45.8. The van der Waals surface area contributed by atoms with E-state index >= 15 is 0 Å². The highest BCUT2D eigenvalue weighted by Crippen LogP contribution is 2.49. The smallest absolute Gasteiger partial charge is 0.241 e. The van der Waals surface area contributed by atoms with E-state index < -0.39 is 0 Å². The summed E-state index contributed by atoms with van der Waals surface area (Å²) in [7, 11) is 0. The molecule has 1 aliphatic heterocycles. The number of hydrogen-bond acceptors (Lipinski definition) is 3. The van der Waals surface area contributed by atoms with Crippen LogP contribution >= 0.6 is 0 Å². The first-order valence-electron chi connectivity index (χ1n) is 6.11. The van der Waals surface area contributed by atoms with Gasteiger partial charge in [0.25, 0.3) is 0 Å². The Morgan fingerprint density at radius 3 is 2.75 bits per heavy atom. The van der Waals surface area contributed by atoms with Crippen molar-refractivity contribution in [2.24, 2.45) is 23.5 Å². The molecule has 0 aromatic rings. The molecule has 0 spiro atoms. The number of rotatable bonds is 2. The van der Waals surface area contributed by atoms with Crippen LogP contribution < -0.4 is 5.73 Å². The van der Waals surface area contributed by atoms with E-state index in [4.69, 9.17) is 11.0 Å². The predicted molar refractivity (Wildman–Crippen MR) is 58.0 cm³/mol. The number of nitrogens with zero attached hydrogens (tertiary/aromatic N) is 2. The maximum absolute atomic E-state index is 12.2. The molecule has 1 heterocycles. The molecule has 2 N–H and O–H groups in total. The van der Waals surface area contributed by atoms with Gasteiger partial charge in [-0.1, -0.05) is 6.92 Å². The summed E-state index contributed by atoms with van der Waals surface area (Å²) in [4.78, 5) is 14.0. The van der Waals surface area contributed by atoms with Gasteiger partial charge in [0.05, 0.1) is 12.1 Å². The van der Waals surface area contributed by atoms with Crippen LogP contribution in [0.15, 0.2) is 0 Å². The maximum atomic E-state index is 12.2. The molecule has 3 rings (SSSR count). The van der Waals surface area contributed by atoms with Crippen molar-refractivity contribution in [3.8, 4) is 6.07 Å². The number of likely N-dealkylation sites (tertiary alicyclic amines) is 1. The Kier molecular flexibility index (Phi) is 2.02. The van der Waals surface area contributed by atoms with Crippen LogP contribution in [0.5, 0.6) is 0 Å².